The molecule has 1 aromatic heterocycles. The Morgan fingerprint density at radius 2 is 1.97 bits per heavy atom. The molecule has 36 heavy (non-hydrogen) atoms. The van der Waals surface area contributed by atoms with Gasteiger partial charge >= 0.3 is 0 Å². The van der Waals surface area contributed by atoms with Crippen LogP contribution in [0.4, 0.5) is 5.69 Å². The van der Waals surface area contributed by atoms with Crippen LogP contribution in [0.5, 0.6) is 0 Å². The number of nitriles is 1. The van der Waals surface area contributed by atoms with Crippen LogP contribution in [0.3, 0.4) is 0 Å². The molecule has 2 heterocycles. The summed E-state index contributed by atoms with van der Waals surface area (Å²) >= 11 is 6.15. The maximum atomic E-state index is 13.2. The van der Waals surface area contributed by atoms with Crippen molar-refractivity contribution in [1.29, 1.82) is 5.26 Å². The third-order valence-electron chi connectivity index (χ3n) is 6.54. The average Bonchev–Trinajstić information content (AvgIpc) is 3.30. The molecule has 0 aliphatic carbocycles. The number of piperazine rings is 1. The zero-order valence-electron chi connectivity index (χ0n) is 20.2. The lowest BCUT2D eigenvalue weighted by atomic mass is 10.1. The molecule has 1 saturated heterocycles. The number of carbonyl (C=O) groups excluding carboxylic acids is 1. The zero-order valence-corrected chi connectivity index (χ0v) is 21.8. The third-order valence-corrected chi connectivity index (χ3v) is 7.75. The number of carbonyl (C=O) groups is 1. The lowest BCUT2D eigenvalue weighted by molar-refractivity contribution is -0.122. The van der Waals surface area contributed by atoms with Crippen molar-refractivity contribution in [2.24, 2.45) is 0 Å². The van der Waals surface area contributed by atoms with Gasteiger partial charge in [-0.15, -0.1) is 0 Å². The minimum atomic E-state index is -3.17. The number of anilines is 1. The predicted octanol–water partition coefficient (Wildman–Crippen LogP) is 3.67. The highest BCUT2D eigenvalue weighted by Gasteiger charge is 2.34. The van der Waals surface area contributed by atoms with Crippen LogP contribution in [0, 0.1) is 11.3 Å². The van der Waals surface area contributed by atoms with E-state index in [1.807, 2.05) is 27.7 Å². The summed E-state index contributed by atoms with van der Waals surface area (Å²) in [7, 11) is -3.17. The van der Waals surface area contributed by atoms with Gasteiger partial charge in [0.2, 0.25) is 5.91 Å². The molecule has 3 aromatic rings. The molecule has 2 aromatic carbocycles. The SMILES string of the molecule is CC(c1ccc(C#N)cc1)n1cncc1CN1CC(=O)N(c2cccc(Cl)c2)CC1CCS(C)(=O)=O. The minimum absolute atomic E-state index is 0.0341. The molecule has 0 spiro atoms. The molecule has 0 N–H and O–H groups in total. The molecule has 1 amide bonds. The molecular weight excluding hydrogens is 498 g/mol. The standard InChI is InChI=1S/C26H28ClN5O3S/c1-19(21-8-6-20(13-28)7-9-21)32-18-29-14-25(32)15-30-17-26(33)31(23-5-3-4-22(27)12-23)16-24(30)10-11-36(2,34)35/h3-9,12,14,18-19,24H,10-11,15-17H2,1-2H3. The molecule has 2 unspecified atom stereocenters. The Hall–Kier alpha value is -3.19. The number of aromatic nitrogens is 2. The van der Waals surface area contributed by atoms with Crippen molar-refractivity contribution in [1.82, 2.24) is 14.5 Å². The van der Waals surface area contributed by atoms with Crippen LogP contribution in [0.1, 0.15) is 36.2 Å². The van der Waals surface area contributed by atoms with Crippen molar-refractivity contribution in [2.45, 2.75) is 32.0 Å². The Morgan fingerprint density at radius 3 is 2.64 bits per heavy atom. The first-order chi connectivity index (χ1) is 17.1. The quantitative estimate of drug-likeness (QED) is 0.445. The van der Waals surface area contributed by atoms with Gasteiger partial charge in [0, 0.05) is 42.3 Å². The van der Waals surface area contributed by atoms with Crippen molar-refractivity contribution in [3.05, 3.63) is 82.9 Å². The molecule has 0 bridgehead atoms. The van der Waals surface area contributed by atoms with Crippen molar-refractivity contribution >= 4 is 33.0 Å². The number of amides is 1. The van der Waals surface area contributed by atoms with Gasteiger partial charge in [0.05, 0.1) is 42.0 Å². The van der Waals surface area contributed by atoms with Crippen molar-refractivity contribution in [3.63, 3.8) is 0 Å². The summed E-state index contributed by atoms with van der Waals surface area (Å²) in [4.78, 5) is 21.2. The molecule has 8 nitrogen and oxygen atoms in total. The monoisotopic (exact) mass is 525 g/mol. The molecule has 188 valence electrons. The number of benzene rings is 2. The normalized spacial score (nSPS) is 17.7. The maximum Gasteiger partial charge on any atom is 0.241 e. The first-order valence-electron chi connectivity index (χ1n) is 11.6. The lowest BCUT2D eigenvalue weighted by Crippen LogP contribution is -2.56. The number of imidazole rings is 1. The first kappa shape index (κ1) is 25.9. The number of hydrogen-bond donors (Lipinski definition) is 0. The van der Waals surface area contributed by atoms with Crippen LogP contribution < -0.4 is 4.90 Å². The molecule has 0 saturated carbocycles. The number of sulfone groups is 1. The second kappa shape index (κ2) is 10.8. The van der Waals surface area contributed by atoms with Gasteiger partial charge in [-0.3, -0.25) is 9.69 Å². The van der Waals surface area contributed by atoms with Crippen molar-refractivity contribution in [3.8, 4) is 6.07 Å². The van der Waals surface area contributed by atoms with Crippen molar-refractivity contribution < 1.29 is 13.2 Å². The topological polar surface area (TPSA) is 99.3 Å². The molecule has 4 rings (SSSR count). The Morgan fingerprint density at radius 1 is 1.22 bits per heavy atom. The highest BCUT2D eigenvalue weighted by atomic mass is 35.5. The molecule has 0 radical (unpaired) electrons. The number of halogens is 1. The fourth-order valence-electron chi connectivity index (χ4n) is 4.53. The van der Waals surface area contributed by atoms with Gasteiger partial charge in [0.1, 0.15) is 9.84 Å². The summed E-state index contributed by atoms with van der Waals surface area (Å²) in [6, 6.07) is 16.5. The smallest absolute Gasteiger partial charge is 0.241 e. The van der Waals surface area contributed by atoms with Crippen LogP contribution in [-0.2, 0) is 21.2 Å². The predicted molar refractivity (Wildman–Crippen MR) is 140 cm³/mol. The largest absolute Gasteiger partial charge is 0.326 e. The van der Waals surface area contributed by atoms with Gasteiger partial charge in [-0.2, -0.15) is 5.26 Å². The maximum absolute atomic E-state index is 13.2. The summed E-state index contributed by atoms with van der Waals surface area (Å²) in [5.74, 6) is -0.0359. The summed E-state index contributed by atoms with van der Waals surface area (Å²) in [6.07, 6.45) is 5.17. The Bertz CT molecular complexity index is 1380. The van der Waals surface area contributed by atoms with Gasteiger partial charge in [-0.05, 0) is 49.2 Å². The highest BCUT2D eigenvalue weighted by Crippen LogP contribution is 2.27. The number of rotatable bonds is 8. The van der Waals surface area contributed by atoms with Crippen LogP contribution in [0.15, 0.2) is 61.1 Å². The fraction of sp³-hybridized carbons (Fsp3) is 0.346. The van der Waals surface area contributed by atoms with Gasteiger partial charge in [0.25, 0.3) is 0 Å². The third kappa shape index (κ3) is 6.13. The molecule has 1 aliphatic rings. The Balaban J connectivity index is 1.57. The van der Waals surface area contributed by atoms with Gasteiger partial charge in [-0.25, -0.2) is 13.4 Å². The van der Waals surface area contributed by atoms with E-state index < -0.39 is 9.84 Å². The Kier molecular flexibility index (Phi) is 7.79. The second-order valence-corrected chi connectivity index (χ2v) is 11.9. The van der Waals surface area contributed by atoms with E-state index in [2.05, 4.69) is 18.0 Å². The molecule has 2 atom stereocenters. The van der Waals surface area contributed by atoms with E-state index in [0.717, 1.165) is 11.3 Å². The van der Waals surface area contributed by atoms with Gasteiger partial charge in [0.15, 0.2) is 0 Å². The molecule has 1 aliphatic heterocycles. The molecule has 10 heteroatoms. The van der Waals surface area contributed by atoms with E-state index in [-0.39, 0.29) is 30.3 Å². The zero-order chi connectivity index (χ0) is 25.9. The van der Waals surface area contributed by atoms with E-state index in [4.69, 9.17) is 16.9 Å². The fourth-order valence-corrected chi connectivity index (χ4v) is 5.41. The number of hydrogen-bond acceptors (Lipinski definition) is 6. The van der Waals surface area contributed by atoms with Crippen LogP contribution in [0.2, 0.25) is 5.02 Å². The van der Waals surface area contributed by atoms with E-state index in [1.54, 1.807) is 47.8 Å². The molecule has 1 fully saturated rings. The first-order valence-corrected chi connectivity index (χ1v) is 14.1. The summed E-state index contributed by atoms with van der Waals surface area (Å²) in [5.41, 5.74) is 3.25. The summed E-state index contributed by atoms with van der Waals surface area (Å²) in [6.45, 7) is 3.02. The van der Waals surface area contributed by atoms with Crippen molar-refractivity contribution in [2.75, 3.05) is 30.0 Å². The summed E-state index contributed by atoms with van der Waals surface area (Å²) in [5, 5.41) is 9.61. The minimum Gasteiger partial charge on any atom is -0.326 e. The van der Waals surface area contributed by atoms with Crippen LogP contribution in [0.25, 0.3) is 0 Å². The average molecular weight is 526 g/mol. The van der Waals surface area contributed by atoms with E-state index in [1.165, 1.54) is 6.26 Å². The Labute approximate surface area is 216 Å². The van der Waals surface area contributed by atoms with Crippen LogP contribution >= 0.6 is 11.6 Å². The van der Waals surface area contributed by atoms with E-state index in [0.29, 0.717) is 35.8 Å². The van der Waals surface area contributed by atoms with E-state index >= 15 is 0 Å². The number of nitrogens with zero attached hydrogens (tertiary/aromatic N) is 5. The lowest BCUT2D eigenvalue weighted by Gasteiger charge is -2.41. The highest BCUT2D eigenvalue weighted by molar-refractivity contribution is 7.90. The summed E-state index contributed by atoms with van der Waals surface area (Å²) < 4.78 is 26.0. The second-order valence-electron chi connectivity index (χ2n) is 9.16. The van der Waals surface area contributed by atoms with Gasteiger partial charge in [-0.1, -0.05) is 29.8 Å². The van der Waals surface area contributed by atoms with Crippen LogP contribution in [-0.4, -0.2) is 59.9 Å². The van der Waals surface area contributed by atoms with Gasteiger partial charge < -0.3 is 9.47 Å². The van der Waals surface area contributed by atoms with E-state index in [9.17, 15) is 13.2 Å². The molecular formula is C26H28ClN5O3S.